The Kier molecular flexibility index (Phi) is 3.07. The number of nitrogens with zero attached hydrogens (tertiary/aromatic N) is 1. The molecule has 0 fully saturated rings. The van der Waals surface area contributed by atoms with Crippen LogP contribution in [0.15, 0.2) is 16.8 Å². The molecular formula is C7H3F6N. The van der Waals surface area contributed by atoms with Crippen molar-refractivity contribution in [1.82, 2.24) is 5.32 Å². The highest BCUT2D eigenvalue weighted by Crippen LogP contribution is 2.32. The normalized spacial score (nSPS) is 17.1. The smallest absolute Gasteiger partial charge is 0.244 e. The second-order valence-electron chi connectivity index (χ2n) is 2.34. The molecule has 1 aliphatic heterocycles. The van der Waals surface area contributed by atoms with Gasteiger partial charge in [-0.1, -0.05) is 0 Å². The van der Waals surface area contributed by atoms with Gasteiger partial charge >= 0.3 is 0 Å². The van der Waals surface area contributed by atoms with Crippen LogP contribution in [0.1, 0.15) is 0 Å². The Morgan fingerprint density at radius 3 is 1.79 bits per heavy atom. The number of halogens is 6. The first-order valence-corrected chi connectivity index (χ1v) is 3.37. The summed E-state index contributed by atoms with van der Waals surface area (Å²) in [4.78, 5) is 0. The first-order chi connectivity index (χ1) is 6.45. The summed E-state index contributed by atoms with van der Waals surface area (Å²) in [5, 5.41) is 2.72. The minimum absolute atomic E-state index is 1.25. The summed E-state index contributed by atoms with van der Waals surface area (Å²) >= 11 is 0. The van der Waals surface area contributed by atoms with Crippen molar-refractivity contribution in [2.24, 2.45) is 0 Å². The van der Waals surface area contributed by atoms with Crippen LogP contribution in [0, 0.1) is 6.20 Å². The van der Waals surface area contributed by atoms with Gasteiger partial charge in [-0.15, -0.1) is 0 Å². The van der Waals surface area contributed by atoms with Crippen molar-refractivity contribution < 1.29 is 26.3 Å². The Morgan fingerprint density at radius 2 is 1.43 bits per heavy atom. The van der Waals surface area contributed by atoms with Crippen LogP contribution >= 0.6 is 0 Å². The van der Waals surface area contributed by atoms with Crippen molar-refractivity contribution in [3.8, 4) is 0 Å². The molecule has 0 spiro atoms. The van der Waals surface area contributed by atoms with Gasteiger partial charge in [0, 0.05) is 0 Å². The highest BCUT2D eigenvalue weighted by Gasteiger charge is 2.35. The van der Waals surface area contributed by atoms with Gasteiger partial charge in [0.25, 0.3) is 19.3 Å². The number of rotatable bonds is 3. The van der Waals surface area contributed by atoms with Crippen molar-refractivity contribution in [2.45, 2.75) is 19.3 Å². The molecule has 0 aromatic heterocycles. The van der Waals surface area contributed by atoms with Crippen LogP contribution in [-0.2, 0) is 0 Å². The van der Waals surface area contributed by atoms with E-state index in [0.717, 1.165) is 0 Å². The molecular weight excluding hydrogens is 212 g/mol. The van der Waals surface area contributed by atoms with Crippen LogP contribution in [-0.4, -0.2) is 19.3 Å². The van der Waals surface area contributed by atoms with Crippen LogP contribution in [0.5, 0.6) is 0 Å². The fourth-order valence-electron chi connectivity index (χ4n) is 0.941. The third-order valence-corrected chi connectivity index (χ3v) is 1.51. The molecule has 0 amide bonds. The molecule has 14 heavy (non-hydrogen) atoms. The largest absolute Gasteiger partial charge is 0.280 e. The van der Waals surface area contributed by atoms with Gasteiger partial charge in [-0.25, -0.2) is 31.7 Å². The van der Waals surface area contributed by atoms with Crippen LogP contribution < -0.4 is 5.32 Å². The zero-order chi connectivity index (χ0) is 10.9. The molecule has 0 aliphatic carbocycles. The minimum Gasteiger partial charge on any atom is -0.244 e. The second kappa shape index (κ2) is 3.93. The maximum absolute atomic E-state index is 12.1. The predicted molar refractivity (Wildman–Crippen MR) is 33.9 cm³/mol. The standard InChI is InChI=1S/C7H3F6N/c8-5(9)2-1-14-4(7(12)13)3(2)6(10)11/h5-7H. The Labute approximate surface area is 75.1 Å². The Hall–Kier alpha value is -1.14. The van der Waals surface area contributed by atoms with E-state index in [-0.39, 0.29) is 0 Å². The maximum Gasteiger partial charge on any atom is 0.280 e. The lowest BCUT2D eigenvalue weighted by Crippen LogP contribution is -2.11. The quantitative estimate of drug-likeness (QED) is 0.641. The average Bonchev–Trinajstić information content (AvgIpc) is 2.46. The number of allylic oxidation sites excluding steroid dienone is 3. The lowest BCUT2D eigenvalue weighted by molar-refractivity contribution is 0.150. The third-order valence-electron chi connectivity index (χ3n) is 1.51. The van der Waals surface area contributed by atoms with E-state index in [9.17, 15) is 26.3 Å². The zero-order valence-electron chi connectivity index (χ0n) is 6.45. The van der Waals surface area contributed by atoms with E-state index in [1.807, 2.05) is 0 Å². The van der Waals surface area contributed by atoms with Gasteiger partial charge in [0.2, 0.25) is 0 Å². The summed E-state index contributed by atoms with van der Waals surface area (Å²) in [6, 6.07) is 0. The van der Waals surface area contributed by atoms with E-state index in [0.29, 0.717) is 0 Å². The van der Waals surface area contributed by atoms with Crippen molar-refractivity contribution in [3.63, 3.8) is 0 Å². The maximum atomic E-state index is 12.1. The average molecular weight is 215 g/mol. The lowest BCUT2D eigenvalue weighted by Gasteiger charge is -2.07. The lowest BCUT2D eigenvalue weighted by atomic mass is 10.1. The monoisotopic (exact) mass is 215 g/mol. The zero-order valence-corrected chi connectivity index (χ0v) is 6.45. The number of alkyl halides is 6. The van der Waals surface area contributed by atoms with Crippen molar-refractivity contribution in [1.29, 1.82) is 0 Å². The van der Waals surface area contributed by atoms with Crippen LogP contribution in [0.25, 0.3) is 0 Å². The van der Waals surface area contributed by atoms with Gasteiger partial charge in [0.1, 0.15) is 5.70 Å². The van der Waals surface area contributed by atoms with Gasteiger partial charge < -0.3 is 0 Å². The summed E-state index contributed by atoms with van der Waals surface area (Å²) in [6.45, 7) is 0. The van der Waals surface area contributed by atoms with Crippen molar-refractivity contribution >= 4 is 0 Å². The Bertz CT molecular complexity index is 280. The second-order valence-corrected chi connectivity index (χ2v) is 2.34. The SMILES string of the molecule is FC(F)C1=[C][N]C(C(F)F)=C1C(F)F. The van der Waals surface area contributed by atoms with E-state index < -0.39 is 36.1 Å². The summed E-state index contributed by atoms with van der Waals surface area (Å²) < 4.78 is 72.3. The number of hydrogen-bond acceptors (Lipinski definition) is 0. The molecule has 1 rings (SSSR count). The van der Waals surface area contributed by atoms with Crippen LogP contribution in [0.3, 0.4) is 0 Å². The van der Waals surface area contributed by atoms with Gasteiger partial charge in [0.05, 0.1) is 17.3 Å². The third kappa shape index (κ3) is 1.85. The predicted octanol–water partition coefficient (Wildman–Crippen LogP) is 2.34. The summed E-state index contributed by atoms with van der Waals surface area (Å²) in [5.41, 5.74) is -3.99. The minimum atomic E-state index is -3.40. The summed E-state index contributed by atoms with van der Waals surface area (Å²) in [6.07, 6.45) is -8.51. The van der Waals surface area contributed by atoms with E-state index in [4.69, 9.17) is 0 Å². The van der Waals surface area contributed by atoms with Gasteiger partial charge in [-0.3, -0.25) is 0 Å². The van der Waals surface area contributed by atoms with Crippen LogP contribution in [0.4, 0.5) is 26.3 Å². The van der Waals surface area contributed by atoms with Crippen molar-refractivity contribution in [3.05, 3.63) is 23.0 Å². The summed E-state index contributed by atoms with van der Waals surface area (Å²) in [5.74, 6) is 0. The fraction of sp³-hybridized carbons (Fsp3) is 0.429. The van der Waals surface area contributed by atoms with E-state index in [1.54, 1.807) is 0 Å². The highest BCUT2D eigenvalue weighted by atomic mass is 19.3. The molecule has 2 radical (unpaired) electrons. The fourth-order valence-corrected chi connectivity index (χ4v) is 0.941. The van der Waals surface area contributed by atoms with Gasteiger partial charge in [-0.2, -0.15) is 0 Å². The molecule has 0 N–H and O–H groups in total. The molecule has 0 aromatic carbocycles. The summed E-state index contributed by atoms with van der Waals surface area (Å²) in [7, 11) is 0. The molecule has 0 atom stereocenters. The molecule has 1 aliphatic rings. The molecule has 0 bridgehead atoms. The molecule has 0 unspecified atom stereocenters. The molecule has 78 valence electrons. The van der Waals surface area contributed by atoms with Crippen LogP contribution in [0.2, 0.25) is 0 Å². The van der Waals surface area contributed by atoms with Crippen molar-refractivity contribution in [2.75, 3.05) is 0 Å². The van der Waals surface area contributed by atoms with Gasteiger partial charge in [0.15, 0.2) is 0 Å². The molecule has 0 saturated carbocycles. The first-order valence-electron chi connectivity index (χ1n) is 3.37. The molecule has 0 saturated heterocycles. The van der Waals surface area contributed by atoms with E-state index in [2.05, 4.69) is 5.32 Å². The molecule has 7 heteroatoms. The number of hydrogen-bond donors (Lipinski definition) is 0. The Morgan fingerprint density at radius 1 is 0.857 bits per heavy atom. The van der Waals surface area contributed by atoms with Gasteiger partial charge in [-0.05, 0) is 0 Å². The van der Waals surface area contributed by atoms with E-state index in [1.165, 1.54) is 6.20 Å². The highest BCUT2D eigenvalue weighted by molar-refractivity contribution is 5.42. The Balaban J connectivity index is 3.04. The topological polar surface area (TPSA) is 14.1 Å². The molecule has 1 heterocycles. The first kappa shape index (κ1) is 10.9. The van der Waals surface area contributed by atoms with E-state index >= 15 is 0 Å². The molecule has 0 aromatic rings. The molecule has 1 nitrogen and oxygen atoms in total.